The van der Waals surface area contributed by atoms with Crippen LogP contribution in [-0.2, 0) is 0 Å². The summed E-state index contributed by atoms with van der Waals surface area (Å²) in [5.41, 5.74) is 2.57. The first-order valence-corrected chi connectivity index (χ1v) is 5.59. The van der Waals surface area contributed by atoms with Crippen LogP contribution in [0.15, 0.2) is 48.8 Å². The van der Waals surface area contributed by atoms with Crippen molar-refractivity contribution < 1.29 is 4.74 Å². The molecule has 0 aliphatic carbocycles. The van der Waals surface area contributed by atoms with Gasteiger partial charge in [-0.2, -0.15) is 5.10 Å². The third kappa shape index (κ3) is 1.78. The van der Waals surface area contributed by atoms with Gasteiger partial charge in [0.25, 0.3) is 0 Å². The summed E-state index contributed by atoms with van der Waals surface area (Å²) in [6, 6.07) is 11.6. The zero-order chi connectivity index (χ0) is 12.4. The van der Waals surface area contributed by atoms with Gasteiger partial charge in [0.2, 0.25) is 0 Å². The molecular formula is C14H11N3O. The molecule has 3 aromatic rings. The van der Waals surface area contributed by atoms with Gasteiger partial charge in [-0.3, -0.25) is 4.98 Å². The molecule has 0 saturated heterocycles. The SMILES string of the molecule is COc1cccc(-c2nncc3cccnc23)c1. The third-order valence-corrected chi connectivity index (χ3v) is 2.76. The Morgan fingerprint density at radius 1 is 1.11 bits per heavy atom. The standard InChI is InChI=1S/C14H11N3O/c1-18-12-6-2-4-10(8-12)14-13-11(9-16-17-14)5-3-7-15-13/h2-9H,1H3. The van der Waals surface area contributed by atoms with Crippen molar-refractivity contribution in [1.82, 2.24) is 15.2 Å². The van der Waals surface area contributed by atoms with Crippen molar-refractivity contribution >= 4 is 10.9 Å². The van der Waals surface area contributed by atoms with Crippen molar-refractivity contribution in [1.29, 1.82) is 0 Å². The summed E-state index contributed by atoms with van der Waals surface area (Å²) < 4.78 is 5.22. The summed E-state index contributed by atoms with van der Waals surface area (Å²) >= 11 is 0. The zero-order valence-corrected chi connectivity index (χ0v) is 9.87. The van der Waals surface area contributed by atoms with Crippen molar-refractivity contribution in [2.75, 3.05) is 7.11 Å². The lowest BCUT2D eigenvalue weighted by Crippen LogP contribution is -1.92. The number of rotatable bonds is 2. The summed E-state index contributed by atoms with van der Waals surface area (Å²) in [5.74, 6) is 0.794. The molecule has 2 heterocycles. The fourth-order valence-corrected chi connectivity index (χ4v) is 1.88. The van der Waals surface area contributed by atoms with E-state index in [4.69, 9.17) is 4.74 Å². The molecule has 0 atom stereocenters. The van der Waals surface area contributed by atoms with E-state index in [2.05, 4.69) is 15.2 Å². The second-order valence-corrected chi connectivity index (χ2v) is 3.87. The maximum Gasteiger partial charge on any atom is 0.119 e. The van der Waals surface area contributed by atoms with Gasteiger partial charge in [0.05, 0.1) is 18.8 Å². The number of ether oxygens (including phenoxy) is 1. The van der Waals surface area contributed by atoms with Gasteiger partial charge in [0.1, 0.15) is 11.4 Å². The Balaban J connectivity index is 2.24. The first kappa shape index (κ1) is 10.7. The van der Waals surface area contributed by atoms with Gasteiger partial charge in [-0.1, -0.05) is 12.1 Å². The van der Waals surface area contributed by atoms with E-state index >= 15 is 0 Å². The largest absolute Gasteiger partial charge is 0.497 e. The molecule has 0 saturated carbocycles. The smallest absolute Gasteiger partial charge is 0.119 e. The summed E-state index contributed by atoms with van der Waals surface area (Å²) in [6.07, 6.45) is 3.47. The molecule has 0 aliphatic rings. The summed E-state index contributed by atoms with van der Waals surface area (Å²) in [7, 11) is 1.64. The Morgan fingerprint density at radius 2 is 2.06 bits per heavy atom. The molecule has 2 aromatic heterocycles. The molecule has 0 bridgehead atoms. The molecule has 88 valence electrons. The molecule has 18 heavy (non-hydrogen) atoms. The van der Waals surface area contributed by atoms with Gasteiger partial charge in [0, 0.05) is 17.1 Å². The quantitative estimate of drug-likeness (QED) is 0.687. The number of fused-ring (bicyclic) bond motifs is 1. The molecule has 0 N–H and O–H groups in total. The van der Waals surface area contributed by atoms with Crippen molar-refractivity contribution in [2.45, 2.75) is 0 Å². The normalized spacial score (nSPS) is 10.5. The average molecular weight is 237 g/mol. The number of aromatic nitrogens is 3. The van der Waals surface area contributed by atoms with Crippen LogP contribution in [0.4, 0.5) is 0 Å². The average Bonchev–Trinajstić information content (AvgIpc) is 2.47. The molecule has 0 unspecified atom stereocenters. The van der Waals surface area contributed by atoms with Crippen LogP contribution < -0.4 is 4.74 Å². The second kappa shape index (κ2) is 4.41. The van der Waals surface area contributed by atoms with Crippen LogP contribution in [0, 0.1) is 0 Å². The van der Waals surface area contributed by atoms with E-state index in [0.29, 0.717) is 0 Å². The number of methoxy groups -OCH3 is 1. The zero-order valence-electron chi connectivity index (χ0n) is 9.87. The Bertz CT molecular complexity index is 692. The predicted molar refractivity (Wildman–Crippen MR) is 69.3 cm³/mol. The second-order valence-electron chi connectivity index (χ2n) is 3.87. The molecule has 0 aliphatic heterocycles. The van der Waals surface area contributed by atoms with Crippen LogP contribution in [0.1, 0.15) is 0 Å². The van der Waals surface area contributed by atoms with Crippen LogP contribution in [0.5, 0.6) is 5.75 Å². The van der Waals surface area contributed by atoms with Crippen LogP contribution in [-0.4, -0.2) is 22.3 Å². The summed E-state index contributed by atoms with van der Waals surface area (Å²) in [6.45, 7) is 0. The minimum absolute atomic E-state index is 0.770. The molecule has 3 rings (SSSR count). The van der Waals surface area contributed by atoms with E-state index in [-0.39, 0.29) is 0 Å². The lowest BCUT2D eigenvalue weighted by Gasteiger charge is -2.05. The Labute approximate surface area is 104 Å². The van der Waals surface area contributed by atoms with Gasteiger partial charge >= 0.3 is 0 Å². The Kier molecular flexibility index (Phi) is 2.61. The van der Waals surface area contributed by atoms with Gasteiger partial charge in [-0.15, -0.1) is 5.10 Å². The number of nitrogens with zero attached hydrogens (tertiary/aromatic N) is 3. The Morgan fingerprint density at radius 3 is 2.94 bits per heavy atom. The monoisotopic (exact) mass is 237 g/mol. The number of benzene rings is 1. The molecule has 4 nitrogen and oxygen atoms in total. The third-order valence-electron chi connectivity index (χ3n) is 2.76. The maximum atomic E-state index is 5.22. The highest BCUT2D eigenvalue weighted by molar-refractivity contribution is 5.90. The van der Waals surface area contributed by atoms with Crippen LogP contribution in [0.3, 0.4) is 0 Å². The first-order chi connectivity index (χ1) is 8.88. The predicted octanol–water partition coefficient (Wildman–Crippen LogP) is 2.70. The van der Waals surface area contributed by atoms with Crippen LogP contribution in [0.25, 0.3) is 22.2 Å². The highest BCUT2D eigenvalue weighted by atomic mass is 16.5. The van der Waals surface area contributed by atoms with E-state index in [1.54, 1.807) is 19.5 Å². The molecule has 0 fully saturated rings. The highest BCUT2D eigenvalue weighted by Crippen LogP contribution is 2.26. The lowest BCUT2D eigenvalue weighted by atomic mass is 10.1. The number of hydrogen-bond acceptors (Lipinski definition) is 4. The van der Waals surface area contributed by atoms with Crippen LogP contribution >= 0.6 is 0 Å². The van der Waals surface area contributed by atoms with Gasteiger partial charge in [0.15, 0.2) is 0 Å². The van der Waals surface area contributed by atoms with E-state index < -0.39 is 0 Å². The topological polar surface area (TPSA) is 47.9 Å². The minimum Gasteiger partial charge on any atom is -0.497 e. The van der Waals surface area contributed by atoms with Crippen molar-refractivity contribution in [3.8, 4) is 17.0 Å². The minimum atomic E-state index is 0.770. The molecule has 0 spiro atoms. The van der Waals surface area contributed by atoms with Crippen LogP contribution in [0.2, 0.25) is 0 Å². The molecular weight excluding hydrogens is 226 g/mol. The summed E-state index contributed by atoms with van der Waals surface area (Å²) in [5, 5.41) is 9.18. The fraction of sp³-hybridized carbons (Fsp3) is 0.0714. The van der Waals surface area contributed by atoms with E-state index in [1.165, 1.54) is 0 Å². The Hall–Kier alpha value is -2.49. The maximum absolute atomic E-state index is 5.22. The number of hydrogen-bond donors (Lipinski definition) is 0. The summed E-state index contributed by atoms with van der Waals surface area (Å²) in [4.78, 5) is 4.37. The fourth-order valence-electron chi connectivity index (χ4n) is 1.88. The van der Waals surface area contributed by atoms with Crippen molar-refractivity contribution in [2.24, 2.45) is 0 Å². The first-order valence-electron chi connectivity index (χ1n) is 5.59. The molecule has 0 radical (unpaired) electrons. The molecule has 0 amide bonds. The highest BCUT2D eigenvalue weighted by Gasteiger charge is 2.07. The van der Waals surface area contributed by atoms with Gasteiger partial charge in [-0.05, 0) is 24.3 Å². The van der Waals surface area contributed by atoms with E-state index in [0.717, 1.165) is 27.9 Å². The molecule has 1 aromatic carbocycles. The van der Waals surface area contributed by atoms with Crippen molar-refractivity contribution in [3.05, 3.63) is 48.8 Å². The lowest BCUT2D eigenvalue weighted by molar-refractivity contribution is 0.415. The van der Waals surface area contributed by atoms with E-state index in [1.807, 2.05) is 36.4 Å². The number of pyridine rings is 1. The van der Waals surface area contributed by atoms with Gasteiger partial charge < -0.3 is 4.74 Å². The van der Waals surface area contributed by atoms with Gasteiger partial charge in [-0.25, -0.2) is 0 Å². The molecule has 4 heteroatoms. The van der Waals surface area contributed by atoms with E-state index in [9.17, 15) is 0 Å². The van der Waals surface area contributed by atoms with Crippen molar-refractivity contribution in [3.63, 3.8) is 0 Å².